The monoisotopic (exact) mass is 303 g/mol. The highest BCUT2D eigenvalue weighted by molar-refractivity contribution is 7.98. The predicted octanol–water partition coefficient (Wildman–Crippen LogP) is 3.29. The van der Waals surface area contributed by atoms with E-state index in [4.69, 9.17) is 4.98 Å². The van der Waals surface area contributed by atoms with Crippen molar-refractivity contribution in [3.8, 4) is 0 Å². The Balaban J connectivity index is 1.84. The van der Waals surface area contributed by atoms with Crippen molar-refractivity contribution >= 4 is 28.7 Å². The standard InChI is InChI=1S/C16H21N3OS/c1-11-5-6-12-13(10-11)18-16(17-12)14-4-3-8-19(14)15(20)7-9-21-2/h5-6,10,14H,3-4,7-9H2,1-2H3,(H,17,18)/t14-/m1/s1. The van der Waals surface area contributed by atoms with E-state index in [1.165, 1.54) is 5.56 Å². The van der Waals surface area contributed by atoms with Crippen LogP contribution in [0.1, 0.15) is 36.7 Å². The van der Waals surface area contributed by atoms with Crippen LogP contribution < -0.4 is 0 Å². The third kappa shape index (κ3) is 2.93. The van der Waals surface area contributed by atoms with Gasteiger partial charge in [0.1, 0.15) is 5.82 Å². The smallest absolute Gasteiger partial charge is 0.224 e. The van der Waals surface area contributed by atoms with Crippen LogP contribution in [0.15, 0.2) is 18.2 Å². The number of benzene rings is 1. The molecule has 4 nitrogen and oxygen atoms in total. The summed E-state index contributed by atoms with van der Waals surface area (Å²) >= 11 is 1.72. The number of aromatic nitrogens is 2. The van der Waals surface area contributed by atoms with Gasteiger partial charge in [-0.3, -0.25) is 4.79 Å². The van der Waals surface area contributed by atoms with Crippen molar-refractivity contribution in [2.24, 2.45) is 0 Å². The zero-order valence-corrected chi connectivity index (χ0v) is 13.4. The summed E-state index contributed by atoms with van der Waals surface area (Å²) in [6.45, 7) is 2.93. The van der Waals surface area contributed by atoms with Gasteiger partial charge in [0.25, 0.3) is 0 Å². The molecule has 0 aliphatic carbocycles. The van der Waals surface area contributed by atoms with E-state index in [2.05, 4.69) is 24.0 Å². The van der Waals surface area contributed by atoms with E-state index in [1.807, 2.05) is 17.2 Å². The lowest BCUT2D eigenvalue weighted by Gasteiger charge is -2.23. The lowest BCUT2D eigenvalue weighted by atomic mass is 10.2. The maximum Gasteiger partial charge on any atom is 0.224 e. The molecular formula is C16H21N3OS. The maximum absolute atomic E-state index is 12.3. The molecule has 5 heteroatoms. The SMILES string of the molecule is CSCCC(=O)N1CCC[C@@H]1c1nc2ccc(C)cc2[nH]1. The van der Waals surface area contributed by atoms with E-state index in [9.17, 15) is 4.79 Å². The fourth-order valence-electron chi connectivity index (χ4n) is 2.98. The van der Waals surface area contributed by atoms with Crippen LogP contribution in [0.2, 0.25) is 0 Å². The van der Waals surface area contributed by atoms with Gasteiger partial charge in [-0.2, -0.15) is 11.8 Å². The average molecular weight is 303 g/mol. The Morgan fingerprint density at radius 2 is 2.38 bits per heavy atom. The Morgan fingerprint density at radius 3 is 3.19 bits per heavy atom. The van der Waals surface area contributed by atoms with Crippen molar-refractivity contribution in [2.45, 2.75) is 32.2 Å². The second-order valence-electron chi connectivity index (χ2n) is 5.63. The predicted molar refractivity (Wildman–Crippen MR) is 87.5 cm³/mol. The molecule has 2 aromatic rings. The van der Waals surface area contributed by atoms with Gasteiger partial charge in [-0.15, -0.1) is 0 Å². The Kier molecular flexibility index (Phi) is 4.19. The molecule has 0 saturated carbocycles. The summed E-state index contributed by atoms with van der Waals surface area (Å²) in [4.78, 5) is 22.4. The number of nitrogens with zero attached hydrogens (tertiary/aromatic N) is 2. The first kappa shape index (κ1) is 14.4. The molecule has 1 aliphatic rings. The fraction of sp³-hybridized carbons (Fsp3) is 0.500. The first-order valence-corrected chi connectivity index (χ1v) is 8.83. The first-order chi connectivity index (χ1) is 10.2. The molecule has 1 N–H and O–H groups in total. The number of hydrogen-bond donors (Lipinski definition) is 1. The van der Waals surface area contributed by atoms with E-state index >= 15 is 0 Å². The molecule has 1 aromatic carbocycles. The van der Waals surface area contributed by atoms with Crippen LogP contribution in [0.4, 0.5) is 0 Å². The van der Waals surface area contributed by atoms with Crippen molar-refractivity contribution in [1.82, 2.24) is 14.9 Å². The molecular weight excluding hydrogens is 282 g/mol. The van der Waals surface area contributed by atoms with Crippen molar-refractivity contribution in [2.75, 3.05) is 18.6 Å². The molecule has 0 spiro atoms. The quantitative estimate of drug-likeness (QED) is 0.943. The van der Waals surface area contributed by atoms with E-state index in [0.717, 1.165) is 42.0 Å². The Morgan fingerprint density at radius 1 is 1.52 bits per heavy atom. The number of carbonyl (C=O) groups excluding carboxylic acids is 1. The van der Waals surface area contributed by atoms with Crippen molar-refractivity contribution in [3.63, 3.8) is 0 Å². The molecule has 1 atom stereocenters. The molecule has 0 radical (unpaired) electrons. The number of carbonyl (C=O) groups is 1. The number of nitrogens with one attached hydrogen (secondary N) is 1. The van der Waals surface area contributed by atoms with Gasteiger partial charge >= 0.3 is 0 Å². The van der Waals surface area contributed by atoms with Gasteiger partial charge in [-0.1, -0.05) is 6.07 Å². The van der Waals surface area contributed by atoms with Crippen molar-refractivity contribution < 1.29 is 4.79 Å². The van der Waals surface area contributed by atoms with Crippen molar-refractivity contribution in [1.29, 1.82) is 0 Å². The van der Waals surface area contributed by atoms with Crippen LogP contribution in [0, 0.1) is 6.92 Å². The highest BCUT2D eigenvalue weighted by Gasteiger charge is 2.31. The molecule has 0 unspecified atom stereocenters. The number of rotatable bonds is 4. The number of hydrogen-bond acceptors (Lipinski definition) is 3. The van der Waals surface area contributed by atoms with Gasteiger partial charge in [0, 0.05) is 18.7 Å². The number of H-pyrrole nitrogens is 1. The molecule has 1 amide bonds. The second kappa shape index (κ2) is 6.10. The van der Waals surface area contributed by atoms with Crippen LogP contribution >= 0.6 is 11.8 Å². The Bertz CT molecular complexity index is 652. The fourth-order valence-corrected chi connectivity index (χ4v) is 3.36. The highest BCUT2D eigenvalue weighted by Crippen LogP contribution is 2.32. The summed E-state index contributed by atoms with van der Waals surface area (Å²) in [6.07, 6.45) is 4.73. The van der Waals surface area contributed by atoms with E-state index < -0.39 is 0 Å². The van der Waals surface area contributed by atoms with Gasteiger partial charge in [-0.25, -0.2) is 4.98 Å². The lowest BCUT2D eigenvalue weighted by molar-refractivity contribution is -0.131. The summed E-state index contributed by atoms with van der Waals surface area (Å²) in [5.41, 5.74) is 3.27. The van der Waals surface area contributed by atoms with Gasteiger partial charge < -0.3 is 9.88 Å². The summed E-state index contributed by atoms with van der Waals surface area (Å²) in [7, 11) is 0. The lowest BCUT2D eigenvalue weighted by Crippen LogP contribution is -2.31. The molecule has 21 heavy (non-hydrogen) atoms. The molecule has 1 aromatic heterocycles. The number of aromatic amines is 1. The third-order valence-corrected chi connectivity index (χ3v) is 4.68. The van der Waals surface area contributed by atoms with E-state index in [1.54, 1.807) is 11.8 Å². The molecule has 0 bridgehead atoms. The minimum absolute atomic E-state index is 0.118. The Hall–Kier alpha value is -1.49. The van der Waals surface area contributed by atoms with Crippen LogP contribution in [-0.4, -0.2) is 39.3 Å². The summed E-state index contributed by atoms with van der Waals surface area (Å²) in [5, 5.41) is 0. The van der Waals surface area contributed by atoms with E-state index in [-0.39, 0.29) is 11.9 Å². The van der Waals surface area contributed by atoms with E-state index in [0.29, 0.717) is 6.42 Å². The molecule has 1 saturated heterocycles. The topological polar surface area (TPSA) is 49.0 Å². The molecule has 112 valence electrons. The molecule has 3 rings (SSSR count). The minimum Gasteiger partial charge on any atom is -0.340 e. The van der Waals surface area contributed by atoms with Crippen molar-refractivity contribution in [3.05, 3.63) is 29.6 Å². The zero-order valence-electron chi connectivity index (χ0n) is 12.6. The number of aryl methyl sites for hydroxylation is 1. The number of imidazole rings is 1. The zero-order chi connectivity index (χ0) is 14.8. The Labute approximate surface area is 129 Å². The normalized spacial score (nSPS) is 18.6. The summed E-state index contributed by atoms with van der Waals surface area (Å²) < 4.78 is 0. The number of thioether (sulfide) groups is 1. The van der Waals surface area contributed by atoms with Crippen LogP contribution in [-0.2, 0) is 4.79 Å². The van der Waals surface area contributed by atoms with Gasteiger partial charge in [0.2, 0.25) is 5.91 Å². The van der Waals surface area contributed by atoms with Gasteiger partial charge in [0.15, 0.2) is 0 Å². The minimum atomic E-state index is 0.118. The summed E-state index contributed by atoms with van der Waals surface area (Å²) in [5.74, 6) is 2.08. The van der Waals surface area contributed by atoms with Crippen LogP contribution in [0.25, 0.3) is 11.0 Å². The highest BCUT2D eigenvalue weighted by atomic mass is 32.2. The van der Waals surface area contributed by atoms with Gasteiger partial charge in [0.05, 0.1) is 17.1 Å². The van der Waals surface area contributed by atoms with Crippen LogP contribution in [0.3, 0.4) is 0 Å². The van der Waals surface area contributed by atoms with Crippen LogP contribution in [0.5, 0.6) is 0 Å². The summed E-state index contributed by atoms with van der Waals surface area (Å²) in [6, 6.07) is 6.34. The molecule has 1 fully saturated rings. The number of fused-ring (bicyclic) bond motifs is 1. The third-order valence-electron chi connectivity index (χ3n) is 4.06. The number of amides is 1. The second-order valence-corrected chi connectivity index (χ2v) is 6.62. The maximum atomic E-state index is 12.3. The average Bonchev–Trinajstić information content (AvgIpc) is 3.09. The first-order valence-electron chi connectivity index (χ1n) is 7.43. The van der Waals surface area contributed by atoms with Gasteiger partial charge in [-0.05, 0) is 43.7 Å². The molecule has 1 aliphatic heterocycles. The largest absolute Gasteiger partial charge is 0.340 e. The molecule has 2 heterocycles. The number of likely N-dealkylation sites (tertiary alicyclic amines) is 1.